The van der Waals surface area contributed by atoms with Gasteiger partial charge in [-0.15, -0.1) is 0 Å². The van der Waals surface area contributed by atoms with Gasteiger partial charge in [-0.25, -0.2) is 4.79 Å². The molecule has 2 amide bonds. The van der Waals surface area contributed by atoms with E-state index in [-0.39, 0.29) is 11.4 Å². The smallest absolute Gasteiger partial charge is 0.317 e. The first-order chi connectivity index (χ1) is 13.1. The molecule has 2 fully saturated rings. The van der Waals surface area contributed by atoms with E-state index in [1.807, 2.05) is 17.0 Å². The van der Waals surface area contributed by atoms with E-state index in [9.17, 15) is 4.79 Å². The summed E-state index contributed by atoms with van der Waals surface area (Å²) >= 11 is 0. The average molecular weight is 378 g/mol. The molecule has 2 heterocycles. The highest BCUT2D eigenvalue weighted by molar-refractivity contribution is 5.74. The van der Waals surface area contributed by atoms with Crippen molar-refractivity contribution in [1.29, 1.82) is 0 Å². The largest absolute Gasteiger partial charge is 0.493 e. The lowest BCUT2D eigenvalue weighted by Gasteiger charge is -2.45. The van der Waals surface area contributed by atoms with Crippen LogP contribution in [-0.2, 0) is 11.3 Å². The SMILES string of the molecule is COc1cc(CNC(=O)N2CCCC3(CCOCC3)C2)cc(OC)c1OC. The Morgan fingerprint density at radius 2 is 1.78 bits per heavy atom. The fourth-order valence-electron chi connectivity index (χ4n) is 4.12. The fourth-order valence-corrected chi connectivity index (χ4v) is 4.12. The quantitative estimate of drug-likeness (QED) is 0.853. The summed E-state index contributed by atoms with van der Waals surface area (Å²) in [6, 6.07) is 3.70. The molecule has 0 atom stereocenters. The summed E-state index contributed by atoms with van der Waals surface area (Å²) in [5.74, 6) is 1.72. The van der Waals surface area contributed by atoms with Gasteiger partial charge < -0.3 is 29.2 Å². The molecular weight excluding hydrogens is 348 g/mol. The Kier molecular flexibility index (Phi) is 6.31. The van der Waals surface area contributed by atoms with Crippen LogP contribution in [0.3, 0.4) is 0 Å². The van der Waals surface area contributed by atoms with E-state index < -0.39 is 0 Å². The third-order valence-electron chi connectivity index (χ3n) is 5.67. The summed E-state index contributed by atoms with van der Waals surface area (Å²) in [5, 5.41) is 3.03. The van der Waals surface area contributed by atoms with Crippen molar-refractivity contribution in [3.05, 3.63) is 17.7 Å². The van der Waals surface area contributed by atoms with Gasteiger partial charge in [-0.05, 0) is 48.8 Å². The predicted octanol–water partition coefficient (Wildman–Crippen LogP) is 2.81. The Bertz CT molecular complexity index is 627. The van der Waals surface area contributed by atoms with Crippen molar-refractivity contribution in [2.75, 3.05) is 47.6 Å². The van der Waals surface area contributed by atoms with Gasteiger partial charge in [-0.1, -0.05) is 0 Å². The van der Waals surface area contributed by atoms with Crippen LogP contribution in [0.2, 0.25) is 0 Å². The molecule has 1 spiro atoms. The number of carbonyl (C=O) groups is 1. The number of nitrogens with zero attached hydrogens (tertiary/aromatic N) is 1. The molecule has 2 saturated heterocycles. The van der Waals surface area contributed by atoms with Gasteiger partial charge in [0.15, 0.2) is 11.5 Å². The first-order valence-corrected chi connectivity index (χ1v) is 9.50. The number of amides is 2. The number of carbonyl (C=O) groups excluding carboxylic acids is 1. The first-order valence-electron chi connectivity index (χ1n) is 9.50. The molecule has 0 unspecified atom stereocenters. The molecule has 150 valence electrons. The molecule has 2 aliphatic rings. The molecule has 1 aromatic carbocycles. The number of urea groups is 1. The highest BCUT2D eigenvalue weighted by Crippen LogP contribution is 2.40. The van der Waals surface area contributed by atoms with Crippen LogP contribution in [-0.4, -0.2) is 58.6 Å². The van der Waals surface area contributed by atoms with Crippen molar-refractivity contribution in [2.45, 2.75) is 32.2 Å². The fraction of sp³-hybridized carbons (Fsp3) is 0.650. The number of hydrogen-bond donors (Lipinski definition) is 1. The third kappa shape index (κ3) is 4.40. The molecule has 0 aliphatic carbocycles. The van der Waals surface area contributed by atoms with Crippen LogP contribution in [0.1, 0.15) is 31.2 Å². The Morgan fingerprint density at radius 3 is 2.37 bits per heavy atom. The highest BCUT2D eigenvalue weighted by atomic mass is 16.5. The van der Waals surface area contributed by atoms with Crippen LogP contribution in [0.25, 0.3) is 0 Å². The van der Waals surface area contributed by atoms with Gasteiger partial charge in [0.1, 0.15) is 0 Å². The number of methoxy groups -OCH3 is 3. The molecule has 0 aromatic heterocycles. The predicted molar refractivity (Wildman–Crippen MR) is 102 cm³/mol. The van der Waals surface area contributed by atoms with Crippen molar-refractivity contribution in [3.63, 3.8) is 0 Å². The molecule has 0 bridgehead atoms. The number of hydrogen-bond acceptors (Lipinski definition) is 5. The maximum atomic E-state index is 12.7. The summed E-state index contributed by atoms with van der Waals surface area (Å²) in [4.78, 5) is 14.7. The van der Waals surface area contributed by atoms with Gasteiger partial charge in [0, 0.05) is 32.8 Å². The van der Waals surface area contributed by atoms with Gasteiger partial charge in [0.25, 0.3) is 0 Å². The molecule has 27 heavy (non-hydrogen) atoms. The summed E-state index contributed by atoms with van der Waals surface area (Å²) in [7, 11) is 4.74. The van der Waals surface area contributed by atoms with Crippen molar-refractivity contribution in [1.82, 2.24) is 10.2 Å². The van der Waals surface area contributed by atoms with Crippen LogP contribution in [0.15, 0.2) is 12.1 Å². The Balaban J connectivity index is 1.63. The lowest BCUT2D eigenvalue weighted by Crippen LogP contribution is -2.51. The minimum absolute atomic E-state index is 0.0191. The number of likely N-dealkylation sites (tertiary alicyclic amines) is 1. The van der Waals surface area contributed by atoms with E-state index in [1.165, 1.54) is 6.42 Å². The van der Waals surface area contributed by atoms with Gasteiger partial charge in [-0.2, -0.15) is 0 Å². The number of piperidine rings is 1. The molecule has 7 nitrogen and oxygen atoms in total. The van der Waals surface area contributed by atoms with Crippen LogP contribution >= 0.6 is 0 Å². The summed E-state index contributed by atoms with van der Waals surface area (Å²) in [5.41, 5.74) is 1.14. The Morgan fingerprint density at radius 1 is 1.11 bits per heavy atom. The van der Waals surface area contributed by atoms with E-state index >= 15 is 0 Å². The van der Waals surface area contributed by atoms with Gasteiger partial charge >= 0.3 is 6.03 Å². The second-order valence-electron chi connectivity index (χ2n) is 7.33. The number of rotatable bonds is 5. The Hall–Kier alpha value is -2.15. The zero-order valence-corrected chi connectivity index (χ0v) is 16.5. The van der Waals surface area contributed by atoms with Crippen LogP contribution in [0, 0.1) is 5.41 Å². The van der Waals surface area contributed by atoms with Crippen LogP contribution in [0.5, 0.6) is 17.2 Å². The summed E-state index contributed by atoms with van der Waals surface area (Å²) < 4.78 is 21.6. The molecule has 1 aromatic rings. The van der Waals surface area contributed by atoms with E-state index in [0.29, 0.717) is 23.8 Å². The van der Waals surface area contributed by atoms with E-state index in [0.717, 1.165) is 51.1 Å². The monoisotopic (exact) mass is 378 g/mol. The highest BCUT2D eigenvalue weighted by Gasteiger charge is 2.38. The molecular formula is C20H30N2O5. The molecule has 7 heteroatoms. The average Bonchev–Trinajstić information content (AvgIpc) is 2.71. The minimum atomic E-state index is -0.0191. The second-order valence-corrected chi connectivity index (χ2v) is 7.33. The van der Waals surface area contributed by atoms with E-state index in [1.54, 1.807) is 21.3 Å². The molecule has 0 radical (unpaired) electrons. The first kappa shape index (κ1) is 19.6. The molecule has 0 saturated carbocycles. The van der Waals surface area contributed by atoms with Crippen molar-refractivity contribution in [3.8, 4) is 17.2 Å². The topological polar surface area (TPSA) is 69.3 Å². The maximum absolute atomic E-state index is 12.7. The molecule has 1 N–H and O–H groups in total. The van der Waals surface area contributed by atoms with Crippen molar-refractivity contribution in [2.24, 2.45) is 5.41 Å². The van der Waals surface area contributed by atoms with Crippen LogP contribution < -0.4 is 19.5 Å². The number of ether oxygens (including phenoxy) is 4. The minimum Gasteiger partial charge on any atom is -0.493 e. The lowest BCUT2D eigenvalue weighted by atomic mass is 9.74. The van der Waals surface area contributed by atoms with Gasteiger partial charge in [0.2, 0.25) is 5.75 Å². The van der Waals surface area contributed by atoms with E-state index in [2.05, 4.69) is 5.32 Å². The van der Waals surface area contributed by atoms with E-state index in [4.69, 9.17) is 18.9 Å². The Labute approximate surface area is 160 Å². The van der Waals surface area contributed by atoms with Gasteiger partial charge in [-0.3, -0.25) is 0 Å². The number of benzene rings is 1. The summed E-state index contributed by atoms with van der Waals surface area (Å²) in [6.07, 6.45) is 4.33. The van der Waals surface area contributed by atoms with Crippen LogP contribution in [0.4, 0.5) is 4.79 Å². The van der Waals surface area contributed by atoms with Gasteiger partial charge in [0.05, 0.1) is 21.3 Å². The van der Waals surface area contributed by atoms with Crippen molar-refractivity contribution >= 4 is 6.03 Å². The lowest BCUT2D eigenvalue weighted by molar-refractivity contribution is -0.0186. The second kappa shape index (κ2) is 8.69. The standard InChI is InChI=1S/C20H30N2O5/c1-24-16-11-15(12-17(25-2)18(16)26-3)13-21-19(23)22-8-4-5-20(14-22)6-9-27-10-7-20/h11-12H,4-10,13-14H2,1-3H3,(H,21,23). The number of nitrogens with one attached hydrogen (secondary N) is 1. The normalized spacial score (nSPS) is 18.9. The molecule has 2 aliphatic heterocycles. The third-order valence-corrected chi connectivity index (χ3v) is 5.67. The zero-order chi connectivity index (χ0) is 19.3. The molecule has 3 rings (SSSR count). The summed E-state index contributed by atoms with van der Waals surface area (Å²) in [6.45, 7) is 3.64. The maximum Gasteiger partial charge on any atom is 0.317 e. The van der Waals surface area contributed by atoms with Crippen molar-refractivity contribution < 1.29 is 23.7 Å². The zero-order valence-electron chi connectivity index (χ0n) is 16.5.